The van der Waals surface area contributed by atoms with E-state index in [2.05, 4.69) is 5.32 Å². The third-order valence-electron chi connectivity index (χ3n) is 10.6. The number of β-lactam (4-membered cyclic amide) rings is 2. The van der Waals surface area contributed by atoms with Crippen molar-refractivity contribution in [2.75, 3.05) is 26.2 Å². The van der Waals surface area contributed by atoms with Crippen LogP contribution in [0.5, 0.6) is 0 Å². The first-order valence-electron chi connectivity index (χ1n) is 18.9. The van der Waals surface area contributed by atoms with Crippen molar-refractivity contribution >= 4 is 47.4 Å². The molecule has 10 N–H and O–H groups in total. The lowest BCUT2D eigenvalue weighted by atomic mass is 9.83. The van der Waals surface area contributed by atoms with E-state index in [0.29, 0.717) is 19.3 Å². The number of carbonyl (C=O) groups excluding carboxylic acids is 8. The summed E-state index contributed by atoms with van der Waals surface area (Å²) in [6.45, 7) is 10.2. The number of nitrogens with two attached hydrogens (primary N) is 2. The maximum Gasteiger partial charge on any atom is 0.471 e. The molecule has 4 aliphatic heterocycles. The molecule has 334 valence electrons. The number of primary amides is 2. The van der Waals surface area contributed by atoms with Crippen LogP contribution in [0.25, 0.3) is 0 Å². The quantitative estimate of drug-likeness (QED) is 0.0888. The molecular formula is C35H55F3N8O13. The second-order valence-corrected chi connectivity index (χ2v) is 16.3. The van der Waals surface area contributed by atoms with Crippen LogP contribution < -0.4 is 22.1 Å². The highest BCUT2D eigenvalue weighted by molar-refractivity contribution is 6.02. The molecule has 2 spiro atoms. The summed E-state index contributed by atoms with van der Waals surface area (Å²) in [6.07, 6.45) is -9.99. The number of alkyl halides is 3. The molecule has 0 aromatic rings. The Morgan fingerprint density at radius 1 is 0.678 bits per heavy atom. The number of rotatable bonds is 12. The number of halogens is 3. The summed E-state index contributed by atoms with van der Waals surface area (Å²) in [5.41, 5.74) is 7.14. The second kappa shape index (κ2) is 17.8. The first-order chi connectivity index (χ1) is 26.9. The van der Waals surface area contributed by atoms with E-state index in [-0.39, 0.29) is 32.6 Å². The van der Waals surface area contributed by atoms with Gasteiger partial charge in [0, 0.05) is 13.1 Å². The lowest BCUT2D eigenvalue weighted by Gasteiger charge is -2.54. The molecule has 24 heteroatoms. The third-order valence-corrected chi connectivity index (χ3v) is 10.6. The van der Waals surface area contributed by atoms with Crippen LogP contribution in [0.4, 0.5) is 18.0 Å². The van der Waals surface area contributed by atoms with E-state index in [1.54, 1.807) is 20.8 Å². The van der Waals surface area contributed by atoms with Crippen molar-refractivity contribution in [2.24, 2.45) is 11.5 Å². The number of nitrogens with one attached hydrogen (secondary N) is 2. The lowest BCUT2D eigenvalue weighted by Crippen LogP contribution is -2.78. The van der Waals surface area contributed by atoms with Gasteiger partial charge in [0.2, 0.25) is 23.6 Å². The summed E-state index contributed by atoms with van der Waals surface area (Å²) >= 11 is 0. The van der Waals surface area contributed by atoms with Gasteiger partial charge in [0.05, 0.1) is 37.5 Å². The maximum atomic E-state index is 13.2. The number of likely N-dealkylation sites (tertiary alicyclic amines) is 4. The Balaban J connectivity index is 0.000000316. The maximum absolute atomic E-state index is 13.2. The molecule has 0 aromatic carbocycles. The van der Waals surface area contributed by atoms with Gasteiger partial charge in [-0.3, -0.25) is 33.6 Å². The molecule has 0 radical (unpaired) electrons. The molecule has 2 unspecified atom stereocenters. The lowest BCUT2D eigenvalue weighted by molar-refractivity contribution is -0.180. The zero-order valence-corrected chi connectivity index (χ0v) is 33.8. The van der Waals surface area contributed by atoms with E-state index in [4.69, 9.17) is 16.2 Å². The van der Waals surface area contributed by atoms with Crippen molar-refractivity contribution in [2.45, 2.75) is 146 Å². The number of aliphatic hydroxyl groups excluding tert-OH is 4. The standard InChI is InChI=1S/C19H32N4O7.C16H23F3N4O6/c1-10(24)12(21-17(29)30-18(3,4)5)15(27)23-8-6-7-19(23)9-22(16(19)28)13(11(2)25)14(20)26;1-7(24)9(21-13(28)16(17,18)19)12(27)23-5-3-4-15(23)6-22(14(15)29)10(8(2)25)11(20)26/h10-13,24-25H,6-9H2,1-5H3,(H2,20,26)(H,21,29);7-10,24-25H,3-6H2,1-2H3,(H2,20,26)(H,21,28)/t10-,11-,12+,13+,19?;7-,8-,9+,10+,15?/m11/s1. The number of alkyl carbamates (subject to hydrolysis) is 1. The molecule has 4 fully saturated rings. The van der Waals surface area contributed by atoms with Gasteiger partial charge < -0.3 is 66.9 Å². The number of hydrogen-bond acceptors (Lipinski definition) is 13. The molecule has 21 nitrogen and oxygen atoms in total. The van der Waals surface area contributed by atoms with E-state index in [9.17, 15) is 72.0 Å². The molecule has 4 saturated heterocycles. The Morgan fingerprint density at radius 3 is 1.31 bits per heavy atom. The van der Waals surface area contributed by atoms with Crippen molar-refractivity contribution in [3.8, 4) is 0 Å². The van der Waals surface area contributed by atoms with E-state index < -0.39 is 119 Å². The number of hydrogen-bond donors (Lipinski definition) is 8. The van der Waals surface area contributed by atoms with Gasteiger partial charge in [-0.25, -0.2) is 4.79 Å². The van der Waals surface area contributed by atoms with Crippen molar-refractivity contribution < 1.29 is 76.7 Å². The summed E-state index contributed by atoms with van der Waals surface area (Å²) in [4.78, 5) is 103. The molecule has 0 aliphatic carbocycles. The van der Waals surface area contributed by atoms with Gasteiger partial charge in [-0.15, -0.1) is 0 Å². The molecule has 4 heterocycles. The Hall–Kier alpha value is -4.81. The average molecular weight is 853 g/mol. The van der Waals surface area contributed by atoms with Gasteiger partial charge in [0.15, 0.2) is 0 Å². The Bertz CT molecular complexity index is 1670. The highest BCUT2D eigenvalue weighted by atomic mass is 19.4. The minimum Gasteiger partial charge on any atom is -0.444 e. The van der Waals surface area contributed by atoms with Crippen LogP contribution >= 0.6 is 0 Å². The van der Waals surface area contributed by atoms with E-state index in [1.165, 1.54) is 31.0 Å². The molecule has 0 saturated carbocycles. The van der Waals surface area contributed by atoms with Gasteiger partial charge in [-0.2, -0.15) is 13.2 Å². The molecule has 0 aromatic heterocycles. The molecule has 10 atom stereocenters. The Morgan fingerprint density at radius 2 is 1.03 bits per heavy atom. The van der Waals surface area contributed by atoms with Crippen LogP contribution in [0.15, 0.2) is 0 Å². The molecule has 4 rings (SSSR count). The topological polar surface area (TPSA) is 316 Å². The average Bonchev–Trinajstić information content (AvgIpc) is 3.74. The number of carbonyl (C=O) groups is 8. The molecule has 59 heavy (non-hydrogen) atoms. The molecular weight excluding hydrogens is 797 g/mol. The minimum absolute atomic E-state index is 0.0133. The monoisotopic (exact) mass is 852 g/mol. The predicted molar refractivity (Wildman–Crippen MR) is 195 cm³/mol. The summed E-state index contributed by atoms with van der Waals surface area (Å²) in [5.74, 6) is -7.01. The Labute approximate surface area is 337 Å². The predicted octanol–water partition coefficient (Wildman–Crippen LogP) is -3.45. The van der Waals surface area contributed by atoms with Gasteiger partial charge in [-0.05, 0) is 74.1 Å². The fourth-order valence-corrected chi connectivity index (χ4v) is 7.89. The number of aliphatic hydroxyl groups is 4. The Kier molecular flexibility index (Phi) is 14.7. The third kappa shape index (κ3) is 9.98. The first kappa shape index (κ1) is 48.6. The highest BCUT2D eigenvalue weighted by Crippen LogP contribution is 2.42. The fourth-order valence-electron chi connectivity index (χ4n) is 7.89. The van der Waals surface area contributed by atoms with Crippen molar-refractivity contribution in [3.05, 3.63) is 0 Å². The molecule has 8 amide bonds. The highest BCUT2D eigenvalue weighted by Gasteiger charge is 2.64. The fraction of sp³-hybridized carbons (Fsp3) is 0.771. The minimum atomic E-state index is -5.26. The summed E-state index contributed by atoms with van der Waals surface area (Å²) in [5, 5.41) is 43.2. The van der Waals surface area contributed by atoms with Gasteiger partial charge in [-0.1, -0.05) is 0 Å². The zero-order valence-electron chi connectivity index (χ0n) is 33.8. The summed E-state index contributed by atoms with van der Waals surface area (Å²) < 4.78 is 42.8. The number of amides is 8. The van der Waals surface area contributed by atoms with Crippen LogP contribution in [0.3, 0.4) is 0 Å². The summed E-state index contributed by atoms with van der Waals surface area (Å²) in [6, 6.07) is -5.72. The van der Waals surface area contributed by atoms with Crippen LogP contribution in [-0.4, -0.2) is 185 Å². The number of nitrogens with zero attached hydrogens (tertiary/aromatic N) is 4. The van der Waals surface area contributed by atoms with E-state index in [0.717, 1.165) is 21.6 Å². The van der Waals surface area contributed by atoms with Crippen LogP contribution in [0, 0.1) is 0 Å². The van der Waals surface area contributed by atoms with Crippen LogP contribution in [-0.2, 0) is 38.3 Å². The second-order valence-electron chi connectivity index (χ2n) is 16.3. The van der Waals surface area contributed by atoms with Crippen molar-refractivity contribution in [1.29, 1.82) is 0 Å². The smallest absolute Gasteiger partial charge is 0.444 e. The normalized spacial score (nSPS) is 25.7. The van der Waals surface area contributed by atoms with Crippen LogP contribution in [0.2, 0.25) is 0 Å². The van der Waals surface area contributed by atoms with Gasteiger partial charge in [0.25, 0.3) is 11.8 Å². The van der Waals surface area contributed by atoms with Gasteiger partial charge in [0.1, 0.15) is 40.8 Å². The SMILES string of the molecule is C[C@@H](O)[C@H](NC(=O)C(F)(F)F)C(=O)N1CCCC12CN([C@H](C(N)=O)[C@@H](C)O)C2=O.C[C@@H](O)[C@H](NC(=O)OC(C)(C)C)C(=O)N1CCCC12CN([C@H](C(N)=O)[C@@H](C)O)C2=O. The summed E-state index contributed by atoms with van der Waals surface area (Å²) in [7, 11) is 0. The first-order valence-corrected chi connectivity index (χ1v) is 18.9. The van der Waals surface area contributed by atoms with Gasteiger partial charge >= 0.3 is 18.2 Å². The zero-order chi connectivity index (χ0) is 45.3. The van der Waals surface area contributed by atoms with Crippen LogP contribution in [0.1, 0.15) is 74.1 Å². The van der Waals surface area contributed by atoms with Crippen molar-refractivity contribution in [3.63, 3.8) is 0 Å². The number of ether oxygens (including phenoxy) is 1. The van der Waals surface area contributed by atoms with Crippen molar-refractivity contribution in [1.82, 2.24) is 30.2 Å². The van der Waals surface area contributed by atoms with E-state index >= 15 is 0 Å². The largest absolute Gasteiger partial charge is 0.471 e. The molecule has 4 aliphatic rings. The molecule has 0 bridgehead atoms. The van der Waals surface area contributed by atoms with E-state index in [1.807, 2.05) is 0 Å².